The normalized spacial score (nSPS) is 24.0. The van der Waals surface area contributed by atoms with E-state index < -0.39 is 0 Å². The molecule has 2 saturated heterocycles. The van der Waals surface area contributed by atoms with Crippen LogP contribution in [0.1, 0.15) is 22.4 Å². The van der Waals surface area contributed by atoms with Gasteiger partial charge in [0.1, 0.15) is 37.2 Å². The topological polar surface area (TPSA) is 91.3 Å². The fourth-order valence-electron chi connectivity index (χ4n) is 4.46. The number of quaternary nitrogens is 2. The molecule has 29 heavy (non-hydrogen) atoms. The Labute approximate surface area is 175 Å². The molecule has 1 aromatic rings. The summed E-state index contributed by atoms with van der Waals surface area (Å²) in [4.78, 5) is 30.6. The maximum atomic E-state index is 12.5. The van der Waals surface area contributed by atoms with Crippen molar-refractivity contribution in [2.45, 2.75) is 19.3 Å². The summed E-state index contributed by atoms with van der Waals surface area (Å²) in [5, 5.41) is 13.2. The molecule has 0 unspecified atom stereocenters. The Morgan fingerprint density at radius 2 is 1.79 bits per heavy atom. The highest BCUT2D eigenvalue weighted by atomic mass is 32.1. The number of aryl methyl sites for hydroxylation is 1. The van der Waals surface area contributed by atoms with E-state index in [2.05, 4.69) is 11.4 Å². The number of thiophene rings is 1. The molecule has 0 saturated carbocycles. The van der Waals surface area contributed by atoms with E-state index in [1.807, 2.05) is 4.90 Å². The van der Waals surface area contributed by atoms with Gasteiger partial charge in [-0.1, -0.05) is 0 Å². The zero-order valence-electron chi connectivity index (χ0n) is 16.7. The van der Waals surface area contributed by atoms with Crippen molar-refractivity contribution >= 4 is 28.2 Å². The van der Waals surface area contributed by atoms with Gasteiger partial charge in [-0.25, -0.2) is 0 Å². The second-order valence-electron chi connectivity index (χ2n) is 8.07. The van der Waals surface area contributed by atoms with Crippen LogP contribution in [-0.4, -0.2) is 82.3 Å². The van der Waals surface area contributed by atoms with Crippen LogP contribution in [0.5, 0.6) is 0 Å². The lowest BCUT2D eigenvalue weighted by atomic mass is 10.1. The molecule has 3 heterocycles. The van der Waals surface area contributed by atoms with E-state index in [1.54, 1.807) is 11.3 Å². The molecule has 8 nitrogen and oxygen atoms in total. The fraction of sp³-hybridized carbons (Fsp3) is 0.650. The van der Waals surface area contributed by atoms with Crippen LogP contribution in [0, 0.1) is 11.3 Å². The van der Waals surface area contributed by atoms with Gasteiger partial charge in [-0.15, -0.1) is 11.3 Å². The molecule has 2 aliphatic heterocycles. The Hall–Kier alpha value is -1.99. The molecule has 2 fully saturated rings. The lowest BCUT2D eigenvalue weighted by molar-refractivity contribution is -1.00. The third-order valence-corrected chi connectivity index (χ3v) is 7.33. The number of anilines is 1. The van der Waals surface area contributed by atoms with Crippen molar-refractivity contribution in [3.05, 3.63) is 16.0 Å². The van der Waals surface area contributed by atoms with E-state index in [0.717, 1.165) is 56.0 Å². The van der Waals surface area contributed by atoms with Crippen molar-refractivity contribution in [2.24, 2.45) is 0 Å². The summed E-state index contributed by atoms with van der Waals surface area (Å²) in [6.45, 7) is 7.16. The Balaban J connectivity index is 1.22. The second-order valence-corrected chi connectivity index (χ2v) is 9.17. The molecule has 156 valence electrons. The summed E-state index contributed by atoms with van der Waals surface area (Å²) >= 11 is 1.57. The smallest absolute Gasteiger partial charge is 0.280 e. The molecule has 3 aliphatic rings. The summed E-state index contributed by atoms with van der Waals surface area (Å²) < 4.78 is 5.31. The van der Waals surface area contributed by atoms with Crippen molar-refractivity contribution in [1.82, 2.24) is 4.90 Å². The van der Waals surface area contributed by atoms with Gasteiger partial charge in [-0.2, -0.15) is 5.26 Å². The number of ether oxygens (including phenoxy) is 1. The van der Waals surface area contributed by atoms with Crippen molar-refractivity contribution in [3.8, 4) is 6.07 Å². The number of nitriles is 1. The first-order valence-electron chi connectivity index (χ1n) is 10.5. The largest absolute Gasteiger partial charge is 0.378 e. The number of piperazine rings is 1. The predicted molar refractivity (Wildman–Crippen MR) is 108 cm³/mol. The molecule has 4 rings (SSSR count). The van der Waals surface area contributed by atoms with Crippen LogP contribution in [0.15, 0.2) is 0 Å². The number of nitrogens with zero attached hydrogens (tertiary/aromatic N) is 2. The molecule has 0 spiro atoms. The van der Waals surface area contributed by atoms with Gasteiger partial charge in [-0.3, -0.25) is 9.59 Å². The molecule has 1 aliphatic carbocycles. The second kappa shape index (κ2) is 9.22. The van der Waals surface area contributed by atoms with Crippen molar-refractivity contribution in [1.29, 1.82) is 5.26 Å². The summed E-state index contributed by atoms with van der Waals surface area (Å²) in [6, 6.07) is 2.28. The zero-order valence-corrected chi connectivity index (χ0v) is 17.5. The SMILES string of the molecule is N#Cc1c(NC(=O)C[NH+]2CC[NH+](CC(=O)N3CCOCC3)CC2)sc2c1CCC2. The van der Waals surface area contributed by atoms with Gasteiger partial charge in [0.15, 0.2) is 13.1 Å². The summed E-state index contributed by atoms with van der Waals surface area (Å²) in [7, 11) is 0. The van der Waals surface area contributed by atoms with Gasteiger partial charge in [0.25, 0.3) is 11.8 Å². The molecule has 0 aromatic carbocycles. The predicted octanol–water partition coefficient (Wildman–Crippen LogP) is -2.31. The fourth-order valence-corrected chi connectivity index (χ4v) is 5.71. The van der Waals surface area contributed by atoms with E-state index in [9.17, 15) is 14.9 Å². The van der Waals surface area contributed by atoms with Crippen LogP contribution in [0.2, 0.25) is 0 Å². The maximum absolute atomic E-state index is 12.5. The number of carbonyl (C=O) groups is 2. The Bertz CT molecular complexity index is 804. The molecule has 2 amide bonds. The lowest BCUT2D eigenvalue weighted by Crippen LogP contribution is -3.28. The average molecular weight is 420 g/mol. The highest BCUT2D eigenvalue weighted by Gasteiger charge is 2.29. The summed E-state index contributed by atoms with van der Waals surface area (Å²) in [6.07, 6.45) is 3.07. The van der Waals surface area contributed by atoms with E-state index >= 15 is 0 Å². The van der Waals surface area contributed by atoms with Crippen LogP contribution in [-0.2, 0) is 27.2 Å². The highest BCUT2D eigenvalue weighted by Crippen LogP contribution is 2.38. The van der Waals surface area contributed by atoms with Crippen LogP contribution in [0.3, 0.4) is 0 Å². The molecule has 0 bridgehead atoms. The molecular formula is C20H29N5O3S+2. The molecule has 0 atom stereocenters. The average Bonchev–Trinajstić information content (AvgIpc) is 3.30. The third-order valence-electron chi connectivity index (χ3n) is 6.13. The molecular weight excluding hydrogens is 390 g/mol. The van der Waals surface area contributed by atoms with Crippen LogP contribution < -0.4 is 15.1 Å². The van der Waals surface area contributed by atoms with Gasteiger partial charge in [0, 0.05) is 18.0 Å². The lowest BCUT2D eigenvalue weighted by Gasteiger charge is -2.31. The van der Waals surface area contributed by atoms with Gasteiger partial charge in [-0.05, 0) is 24.8 Å². The number of hydrogen-bond donors (Lipinski definition) is 3. The Morgan fingerprint density at radius 1 is 1.10 bits per heavy atom. The number of amides is 2. The van der Waals surface area contributed by atoms with Gasteiger partial charge >= 0.3 is 0 Å². The number of hydrogen-bond acceptors (Lipinski definition) is 5. The molecule has 1 aromatic heterocycles. The highest BCUT2D eigenvalue weighted by molar-refractivity contribution is 7.16. The van der Waals surface area contributed by atoms with E-state index in [-0.39, 0.29) is 11.8 Å². The van der Waals surface area contributed by atoms with Crippen LogP contribution in [0.25, 0.3) is 0 Å². The number of morpholine rings is 1. The molecule has 0 radical (unpaired) electrons. The zero-order chi connectivity index (χ0) is 20.2. The monoisotopic (exact) mass is 419 g/mol. The number of nitrogens with one attached hydrogen (secondary N) is 3. The first kappa shape index (κ1) is 20.3. The van der Waals surface area contributed by atoms with Gasteiger partial charge < -0.3 is 24.8 Å². The minimum absolute atomic E-state index is 0.0238. The number of fused-ring (bicyclic) bond motifs is 1. The Kier molecular flexibility index (Phi) is 6.45. The minimum atomic E-state index is -0.0238. The molecule has 3 N–H and O–H groups in total. The van der Waals surface area contributed by atoms with E-state index in [1.165, 1.54) is 14.7 Å². The quantitative estimate of drug-likeness (QED) is 0.500. The van der Waals surface area contributed by atoms with Crippen molar-refractivity contribution in [3.63, 3.8) is 0 Å². The minimum Gasteiger partial charge on any atom is -0.378 e. The van der Waals surface area contributed by atoms with Crippen LogP contribution in [0.4, 0.5) is 5.00 Å². The third kappa shape index (κ3) is 4.78. The maximum Gasteiger partial charge on any atom is 0.280 e. The van der Waals surface area contributed by atoms with E-state index in [4.69, 9.17) is 4.74 Å². The van der Waals surface area contributed by atoms with Crippen molar-refractivity contribution in [2.75, 3.05) is 70.9 Å². The summed E-state index contributed by atoms with van der Waals surface area (Å²) in [5.74, 6) is 0.184. The van der Waals surface area contributed by atoms with Crippen molar-refractivity contribution < 1.29 is 24.1 Å². The number of carbonyl (C=O) groups excluding carboxylic acids is 2. The first-order chi connectivity index (χ1) is 14.1. The first-order valence-corrected chi connectivity index (χ1v) is 11.3. The standard InChI is InChI=1S/C20H27N5O3S/c21-12-16-15-2-1-3-17(15)29-20(16)22-18(26)13-23-4-6-24(7-5-23)14-19(27)25-8-10-28-11-9-25/h1-11,13-14H2,(H,22,26)/p+2. The van der Waals surface area contributed by atoms with Gasteiger partial charge in [0.2, 0.25) is 0 Å². The Morgan fingerprint density at radius 3 is 2.48 bits per heavy atom. The van der Waals surface area contributed by atoms with E-state index in [0.29, 0.717) is 45.0 Å². The van der Waals surface area contributed by atoms with Gasteiger partial charge in [0.05, 0.1) is 18.8 Å². The summed E-state index contributed by atoms with van der Waals surface area (Å²) in [5.41, 5.74) is 1.81. The molecule has 9 heteroatoms. The van der Waals surface area contributed by atoms with Crippen LogP contribution >= 0.6 is 11.3 Å². The number of rotatable bonds is 5.